The SMILES string of the molecule is CNC(=O)[C@H](NCC[C@@H](c1ccc(C(F)(F)F)cc1)c1sc(C)nc1C)c1ccc(F)cc1. The molecule has 0 saturated carbocycles. The summed E-state index contributed by atoms with van der Waals surface area (Å²) in [6, 6.07) is 10.2. The minimum absolute atomic E-state index is 0.190. The zero-order chi connectivity index (χ0) is 24.2. The van der Waals surface area contributed by atoms with E-state index in [0.717, 1.165) is 33.3 Å². The quantitative estimate of drug-likeness (QED) is 0.419. The molecule has 0 aliphatic carbocycles. The summed E-state index contributed by atoms with van der Waals surface area (Å²) < 4.78 is 52.4. The van der Waals surface area contributed by atoms with Gasteiger partial charge in [0.25, 0.3) is 0 Å². The molecule has 0 aliphatic heterocycles. The van der Waals surface area contributed by atoms with E-state index in [2.05, 4.69) is 15.6 Å². The summed E-state index contributed by atoms with van der Waals surface area (Å²) in [5, 5.41) is 6.69. The maximum Gasteiger partial charge on any atom is 0.416 e. The molecule has 2 atom stereocenters. The first-order valence-electron chi connectivity index (χ1n) is 10.4. The van der Waals surface area contributed by atoms with E-state index >= 15 is 0 Å². The number of alkyl halides is 3. The number of likely N-dealkylation sites (N-methyl/N-ethyl adjacent to an activating group) is 1. The van der Waals surface area contributed by atoms with Crippen LogP contribution in [0.2, 0.25) is 0 Å². The molecule has 0 saturated heterocycles. The third kappa shape index (κ3) is 6.17. The van der Waals surface area contributed by atoms with Crippen molar-refractivity contribution in [3.8, 4) is 0 Å². The van der Waals surface area contributed by atoms with Crippen LogP contribution in [0.15, 0.2) is 48.5 Å². The van der Waals surface area contributed by atoms with Crippen molar-refractivity contribution in [2.45, 2.75) is 38.4 Å². The van der Waals surface area contributed by atoms with Gasteiger partial charge in [-0.2, -0.15) is 13.2 Å². The fourth-order valence-corrected chi connectivity index (χ4v) is 4.85. The van der Waals surface area contributed by atoms with Gasteiger partial charge in [-0.15, -0.1) is 11.3 Å². The van der Waals surface area contributed by atoms with E-state index in [4.69, 9.17) is 0 Å². The van der Waals surface area contributed by atoms with Crippen LogP contribution >= 0.6 is 11.3 Å². The Morgan fingerprint density at radius 3 is 2.15 bits per heavy atom. The van der Waals surface area contributed by atoms with Gasteiger partial charge in [-0.3, -0.25) is 4.79 Å². The number of hydrogen-bond donors (Lipinski definition) is 2. The Labute approximate surface area is 194 Å². The topological polar surface area (TPSA) is 54.0 Å². The van der Waals surface area contributed by atoms with Crippen molar-refractivity contribution in [3.05, 3.63) is 86.6 Å². The monoisotopic (exact) mass is 479 g/mol. The van der Waals surface area contributed by atoms with E-state index in [1.807, 2.05) is 13.8 Å². The van der Waals surface area contributed by atoms with E-state index in [9.17, 15) is 22.4 Å². The molecule has 1 aromatic heterocycles. The van der Waals surface area contributed by atoms with E-state index in [0.29, 0.717) is 18.5 Å². The molecule has 1 heterocycles. The standard InChI is InChI=1S/C24H25F4N3OS/c1-14-22(33-15(2)31-14)20(16-4-8-18(9-5-16)24(26,27)28)12-13-30-21(23(32)29-3)17-6-10-19(25)11-7-17/h4-11,20-21,30H,12-13H2,1-3H3,(H,29,32)/t20-,21+/m0/s1. The second-order valence-corrected chi connectivity index (χ2v) is 8.93. The van der Waals surface area contributed by atoms with Crippen molar-refractivity contribution in [2.75, 3.05) is 13.6 Å². The molecule has 2 aromatic carbocycles. The minimum atomic E-state index is -4.40. The van der Waals surface area contributed by atoms with Crippen LogP contribution < -0.4 is 10.6 Å². The predicted molar refractivity (Wildman–Crippen MR) is 121 cm³/mol. The molecule has 3 aromatic rings. The van der Waals surface area contributed by atoms with Crippen molar-refractivity contribution in [2.24, 2.45) is 0 Å². The fourth-order valence-electron chi connectivity index (χ4n) is 3.76. The highest BCUT2D eigenvalue weighted by molar-refractivity contribution is 7.11. The Bertz CT molecular complexity index is 1080. The Balaban J connectivity index is 1.83. The molecule has 33 heavy (non-hydrogen) atoms. The summed E-state index contributed by atoms with van der Waals surface area (Å²) in [5.41, 5.74) is 1.50. The number of halogens is 4. The molecule has 0 spiro atoms. The van der Waals surface area contributed by atoms with Crippen LogP contribution in [-0.4, -0.2) is 24.5 Å². The summed E-state index contributed by atoms with van der Waals surface area (Å²) in [6.45, 7) is 4.17. The highest BCUT2D eigenvalue weighted by atomic mass is 32.1. The summed E-state index contributed by atoms with van der Waals surface area (Å²) in [7, 11) is 1.52. The van der Waals surface area contributed by atoms with Crippen molar-refractivity contribution in [1.82, 2.24) is 15.6 Å². The molecule has 0 radical (unpaired) electrons. The average molecular weight is 480 g/mol. The zero-order valence-corrected chi connectivity index (χ0v) is 19.3. The molecule has 3 rings (SSSR count). The van der Waals surface area contributed by atoms with Crippen LogP contribution in [0.5, 0.6) is 0 Å². The van der Waals surface area contributed by atoms with Gasteiger partial charge >= 0.3 is 6.18 Å². The maximum absolute atomic E-state index is 13.3. The molecule has 9 heteroatoms. The first-order chi connectivity index (χ1) is 15.6. The number of aryl methyl sites for hydroxylation is 2. The maximum atomic E-state index is 13.3. The summed E-state index contributed by atoms with van der Waals surface area (Å²) in [6.07, 6.45) is -3.87. The van der Waals surface area contributed by atoms with E-state index in [1.165, 1.54) is 42.6 Å². The second kappa shape index (κ2) is 10.4. The molecular formula is C24H25F4N3OS. The molecule has 176 valence electrons. The number of amides is 1. The van der Waals surface area contributed by atoms with Crippen LogP contribution in [0.4, 0.5) is 17.6 Å². The molecule has 0 bridgehead atoms. The molecule has 0 aliphatic rings. The largest absolute Gasteiger partial charge is 0.416 e. The normalized spacial score (nSPS) is 13.5. The number of carbonyl (C=O) groups is 1. The van der Waals surface area contributed by atoms with Crippen LogP contribution in [0, 0.1) is 19.7 Å². The van der Waals surface area contributed by atoms with Gasteiger partial charge in [0.15, 0.2) is 0 Å². The molecule has 1 amide bonds. The van der Waals surface area contributed by atoms with Crippen molar-refractivity contribution in [3.63, 3.8) is 0 Å². The third-order valence-corrected chi connectivity index (χ3v) is 6.58. The van der Waals surface area contributed by atoms with Gasteiger partial charge < -0.3 is 10.6 Å². The highest BCUT2D eigenvalue weighted by Crippen LogP contribution is 2.36. The third-order valence-electron chi connectivity index (χ3n) is 5.39. The molecule has 4 nitrogen and oxygen atoms in total. The number of aromatic nitrogens is 1. The number of thiazole rings is 1. The van der Waals surface area contributed by atoms with E-state index in [-0.39, 0.29) is 11.8 Å². The zero-order valence-electron chi connectivity index (χ0n) is 18.5. The molecule has 2 N–H and O–H groups in total. The summed E-state index contributed by atoms with van der Waals surface area (Å²) in [4.78, 5) is 17.9. The average Bonchev–Trinajstić information content (AvgIpc) is 3.11. The van der Waals surface area contributed by atoms with Crippen LogP contribution in [0.3, 0.4) is 0 Å². The van der Waals surface area contributed by atoms with Gasteiger partial charge in [-0.1, -0.05) is 24.3 Å². The first kappa shape index (κ1) is 24.9. The van der Waals surface area contributed by atoms with Gasteiger partial charge in [0, 0.05) is 17.8 Å². The number of nitrogens with one attached hydrogen (secondary N) is 2. The van der Waals surface area contributed by atoms with Crippen molar-refractivity contribution < 1.29 is 22.4 Å². The number of rotatable bonds is 8. The Morgan fingerprint density at radius 2 is 1.64 bits per heavy atom. The number of nitrogens with zero attached hydrogens (tertiary/aromatic N) is 1. The molecule has 0 fully saturated rings. The summed E-state index contributed by atoms with van der Waals surface area (Å²) in [5.74, 6) is -0.852. The van der Waals surface area contributed by atoms with Crippen LogP contribution in [-0.2, 0) is 11.0 Å². The lowest BCUT2D eigenvalue weighted by Crippen LogP contribution is -2.36. The highest BCUT2D eigenvalue weighted by Gasteiger charge is 2.31. The smallest absolute Gasteiger partial charge is 0.358 e. The van der Waals surface area contributed by atoms with E-state index < -0.39 is 23.6 Å². The Hall–Kier alpha value is -2.78. The van der Waals surface area contributed by atoms with Crippen molar-refractivity contribution >= 4 is 17.2 Å². The van der Waals surface area contributed by atoms with Gasteiger partial charge in [-0.25, -0.2) is 9.37 Å². The molecule has 0 unspecified atom stereocenters. The fraction of sp³-hybridized carbons (Fsp3) is 0.333. The molecular weight excluding hydrogens is 454 g/mol. The predicted octanol–water partition coefficient (Wildman–Crippen LogP) is 5.52. The minimum Gasteiger partial charge on any atom is -0.358 e. The van der Waals surface area contributed by atoms with Crippen LogP contribution in [0.25, 0.3) is 0 Å². The van der Waals surface area contributed by atoms with Gasteiger partial charge in [-0.05, 0) is 62.2 Å². The lowest BCUT2D eigenvalue weighted by Gasteiger charge is -2.21. The lowest BCUT2D eigenvalue weighted by atomic mass is 9.92. The van der Waals surface area contributed by atoms with Gasteiger partial charge in [0.2, 0.25) is 5.91 Å². The Kier molecular flexibility index (Phi) is 7.86. The first-order valence-corrected chi connectivity index (χ1v) is 11.2. The van der Waals surface area contributed by atoms with Crippen molar-refractivity contribution in [1.29, 1.82) is 0 Å². The summed E-state index contributed by atoms with van der Waals surface area (Å²) >= 11 is 1.51. The number of benzene rings is 2. The van der Waals surface area contributed by atoms with Crippen LogP contribution in [0.1, 0.15) is 50.6 Å². The number of carbonyl (C=O) groups excluding carboxylic acids is 1. The Morgan fingerprint density at radius 1 is 1.03 bits per heavy atom. The second-order valence-electron chi connectivity index (χ2n) is 7.70. The van der Waals surface area contributed by atoms with Gasteiger partial charge in [0.1, 0.15) is 11.9 Å². The number of hydrogen-bond acceptors (Lipinski definition) is 4. The van der Waals surface area contributed by atoms with E-state index in [1.54, 1.807) is 12.1 Å². The van der Waals surface area contributed by atoms with Gasteiger partial charge in [0.05, 0.1) is 16.3 Å². The lowest BCUT2D eigenvalue weighted by molar-refractivity contribution is -0.137.